The lowest BCUT2D eigenvalue weighted by Gasteiger charge is -2.17. The van der Waals surface area contributed by atoms with Gasteiger partial charge in [0.15, 0.2) is 0 Å². The predicted molar refractivity (Wildman–Crippen MR) is 84.3 cm³/mol. The normalized spacial score (nSPS) is 10.4. The van der Waals surface area contributed by atoms with Gasteiger partial charge in [-0.3, -0.25) is 9.89 Å². The zero-order chi connectivity index (χ0) is 15.2. The third-order valence-electron chi connectivity index (χ3n) is 3.36. The van der Waals surface area contributed by atoms with Crippen LogP contribution in [0.4, 0.5) is 5.69 Å². The van der Waals surface area contributed by atoms with Crippen molar-refractivity contribution in [3.8, 4) is 0 Å². The smallest absolute Gasteiger partial charge is 0.253 e. The Morgan fingerprint density at radius 3 is 2.86 bits per heavy atom. The van der Waals surface area contributed by atoms with E-state index in [0.29, 0.717) is 12.1 Å². The van der Waals surface area contributed by atoms with Crippen LogP contribution >= 0.6 is 0 Å². The molecule has 0 bridgehead atoms. The van der Waals surface area contributed by atoms with Gasteiger partial charge in [-0.05, 0) is 37.1 Å². The molecule has 0 fully saturated rings. The first-order valence-electron chi connectivity index (χ1n) is 7.19. The average molecular weight is 286 g/mol. The molecule has 1 aromatic carbocycles. The number of H-pyrrole nitrogens is 1. The van der Waals surface area contributed by atoms with Crippen LogP contribution in [0.5, 0.6) is 0 Å². The number of carbonyl (C=O) groups excluding carboxylic acids is 1. The molecular weight excluding hydrogens is 264 g/mol. The second-order valence-corrected chi connectivity index (χ2v) is 5.22. The molecule has 0 aliphatic rings. The van der Waals surface area contributed by atoms with Crippen molar-refractivity contribution in [2.45, 2.75) is 26.8 Å². The molecule has 0 radical (unpaired) electrons. The minimum absolute atomic E-state index is 0.0151. The molecule has 5 nitrogen and oxygen atoms in total. The molecule has 1 heterocycles. The van der Waals surface area contributed by atoms with Crippen LogP contribution in [0, 0.1) is 6.92 Å². The summed E-state index contributed by atoms with van der Waals surface area (Å²) in [7, 11) is 1.80. The summed E-state index contributed by atoms with van der Waals surface area (Å²) in [6.45, 7) is 5.63. The Hall–Kier alpha value is -2.30. The Kier molecular flexibility index (Phi) is 4.98. The lowest BCUT2D eigenvalue weighted by atomic mass is 10.1. The number of anilines is 1. The van der Waals surface area contributed by atoms with Gasteiger partial charge in [-0.2, -0.15) is 5.10 Å². The highest BCUT2D eigenvalue weighted by Crippen LogP contribution is 2.18. The van der Waals surface area contributed by atoms with Crippen LogP contribution in [-0.2, 0) is 6.54 Å². The average Bonchev–Trinajstić information content (AvgIpc) is 2.98. The summed E-state index contributed by atoms with van der Waals surface area (Å²) in [5.41, 5.74) is 3.88. The van der Waals surface area contributed by atoms with Gasteiger partial charge in [-0.25, -0.2) is 0 Å². The fourth-order valence-corrected chi connectivity index (χ4v) is 2.18. The molecule has 1 aromatic heterocycles. The third kappa shape index (κ3) is 3.84. The van der Waals surface area contributed by atoms with Crippen molar-refractivity contribution in [3.63, 3.8) is 0 Å². The minimum Gasteiger partial charge on any atom is -0.385 e. The summed E-state index contributed by atoms with van der Waals surface area (Å²) < 4.78 is 0. The molecule has 0 spiro atoms. The van der Waals surface area contributed by atoms with Crippen LogP contribution in [0.2, 0.25) is 0 Å². The SMILES string of the molecule is CCCNc1ccc(C(=O)N(C)Cc2cn[nH]c2)cc1C. The van der Waals surface area contributed by atoms with Gasteiger partial charge in [0.2, 0.25) is 0 Å². The zero-order valence-electron chi connectivity index (χ0n) is 12.8. The largest absolute Gasteiger partial charge is 0.385 e. The lowest BCUT2D eigenvalue weighted by Crippen LogP contribution is -2.26. The summed E-state index contributed by atoms with van der Waals surface area (Å²) in [5, 5.41) is 10.0. The number of amides is 1. The van der Waals surface area contributed by atoms with Gasteiger partial charge in [-0.1, -0.05) is 6.92 Å². The van der Waals surface area contributed by atoms with Gasteiger partial charge in [-0.15, -0.1) is 0 Å². The van der Waals surface area contributed by atoms with Crippen LogP contribution in [0.15, 0.2) is 30.6 Å². The number of nitrogens with zero attached hydrogens (tertiary/aromatic N) is 2. The van der Waals surface area contributed by atoms with Crippen molar-refractivity contribution in [1.29, 1.82) is 0 Å². The molecule has 2 N–H and O–H groups in total. The van der Waals surface area contributed by atoms with Gasteiger partial charge >= 0.3 is 0 Å². The Morgan fingerprint density at radius 1 is 1.43 bits per heavy atom. The third-order valence-corrected chi connectivity index (χ3v) is 3.36. The quantitative estimate of drug-likeness (QED) is 0.858. The number of hydrogen-bond acceptors (Lipinski definition) is 3. The van der Waals surface area contributed by atoms with E-state index in [-0.39, 0.29) is 5.91 Å². The summed E-state index contributed by atoms with van der Waals surface area (Å²) in [5.74, 6) is 0.0151. The number of benzene rings is 1. The summed E-state index contributed by atoms with van der Waals surface area (Å²) in [4.78, 5) is 14.1. The number of aromatic nitrogens is 2. The van der Waals surface area contributed by atoms with E-state index in [1.54, 1.807) is 24.3 Å². The van der Waals surface area contributed by atoms with Crippen molar-refractivity contribution in [1.82, 2.24) is 15.1 Å². The van der Waals surface area contributed by atoms with E-state index in [9.17, 15) is 4.79 Å². The van der Waals surface area contributed by atoms with Crippen LogP contribution < -0.4 is 5.32 Å². The molecule has 2 aromatic rings. The molecule has 1 amide bonds. The molecule has 0 atom stereocenters. The highest BCUT2D eigenvalue weighted by molar-refractivity contribution is 5.94. The molecule has 2 rings (SSSR count). The van der Waals surface area contributed by atoms with Crippen LogP contribution in [0.3, 0.4) is 0 Å². The standard InChI is InChI=1S/C16H22N4O/c1-4-7-17-15-6-5-14(8-12(15)2)16(21)20(3)11-13-9-18-19-10-13/h5-6,8-10,17H,4,7,11H2,1-3H3,(H,18,19). The van der Waals surface area contributed by atoms with Gasteiger partial charge in [0.25, 0.3) is 5.91 Å². The highest BCUT2D eigenvalue weighted by atomic mass is 16.2. The maximum atomic E-state index is 12.4. The van der Waals surface area contributed by atoms with Crippen molar-refractivity contribution < 1.29 is 4.79 Å². The number of nitrogens with one attached hydrogen (secondary N) is 2. The molecular formula is C16H22N4O. The van der Waals surface area contributed by atoms with E-state index in [1.165, 1.54) is 0 Å². The van der Waals surface area contributed by atoms with Gasteiger partial charge in [0.05, 0.1) is 6.20 Å². The lowest BCUT2D eigenvalue weighted by molar-refractivity contribution is 0.0785. The molecule has 112 valence electrons. The second kappa shape index (κ2) is 6.92. The zero-order valence-corrected chi connectivity index (χ0v) is 12.8. The first-order chi connectivity index (χ1) is 10.1. The van der Waals surface area contributed by atoms with E-state index in [4.69, 9.17) is 0 Å². The predicted octanol–water partition coefficient (Wildman–Crippen LogP) is 2.81. The topological polar surface area (TPSA) is 61.0 Å². The van der Waals surface area contributed by atoms with Crippen LogP contribution in [0.1, 0.15) is 34.8 Å². The molecule has 5 heteroatoms. The number of hydrogen-bond donors (Lipinski definition) is 2. The fraction of sp³-hybridized carbons (Fsp3) is 0.375. The van der Waals surface area contributed by atoms with E-state index in [2.05, 4.69) is 22.4 Å². The second-order valence-electron chi connectivity index (χ2n) is 5.22. The first kappa shape index (κ1) is 15.1. The van der Waals surface area contributed by atoms with Crippen molar-refractivity contribution in [3.05, 3.63) is 47.3 Å². The Labute approximate surface area is 125 Å². The summed E-state index contributed by atoms with van der Waals surface area (Å²) >= 11 is 0. The van der Waals surface area contributed by atoms with Crippen molar-refractivity contribution in [2.24, 2.45) is 0 Å². The summed E-state index contributed by atoms with van der Waals surface area (Å²) in [6.07, 6.45) is 4.60. The summed E-state index contributed by atoms with van der Waals surface area (Å²) in [6, 6.07) is 5.79. The van der Waals surface area contributed by atoms with E-state index in [1.807, 2.05) is 25.1 Å². The van der Waals surface area contributed by atoms with Crippen molar-refractivity contribution >= 4 is 11.6 Å². The van der Waals surface area contributed by atoms with Crippen LogP contribution in [-0.4, -0.2) is 34.6 Å². The monoisotopic (exact) mass is 286 g/mol. The van der Waals surface area contributed by atoms with Crippen LogP contribution in [0.25, 0.3) is 0 Å². The maximum absolute atomic E-state index is 12.4. The molecule has 21 heavy (non-hydrogen) atoms. The maximum Gasteiger partial charge on any atom is 0.253 e. The van der Waals surface area contributed by atoms with E-state index < -0.39 is 0 Å². The molecule has 0 aliphatic carbocycles. The van der Waals surface area contributed by atoms with E-state index >= 15 is 0 Å². The number of aryl methyl sites for hydroxylation is 1. The Balaban J connectivity index is 2.06. The first-order valence-corrected chi connectivity index (χ1v) is 7.19. The fourth-order valence-electron chi connectivity index (χ4n) is 2.18. The Bertz CT molecular complexity index is 592. The van der Waals surface area contributed by atoms with Gasteiger partial charge in [0.1, 0.15) is 0 Å². The highest BCUT2D eigenvalue weighted by Gasteiger charge is 2.13. The number of carbonyl (C=O) groups is 1. The van der Waals surface area contributed by atoms with Crippen molar-refractivity contribution in [2.75, 3.05) is 18.9 Å². The Morgan fingerprint density at radius 2 is 2.24 bits per heavy atom. The molecule has 0 unspecified atom stereocenters. The minimum atomic E-state index is 0.0151. The molecule has 0 saturated heterocycles. The molecule has 0 saturated carbocycles. The number of aromatic amines is 1. The van der Waals surface area contributed by atoms with E-state index in [0.717, 1.165) is 29.8 Å². The molecule has 0 aliphatic heterocycles. The number of rotatable bonds is 6. The van der Waals surface area contributed by atoms with Gasteiger partial charge < -0.3 is 10.2 Å². The van der Waals surface area contributed by atoms with Gasteiger partial charge in [0, 0.05) is 43.1 Å².